The molecule has 0 amide bonds. The van der Waals surface area contributed by atoms with Crippen LogP contribution in [-0.2, 0) is 4.79 Å². The summed E-state index contributed by atoms with van der Waals surface area (Å²) >= 11 is 0. The molecular formula is C7H13NO2. The molecule has 0 saturated heterocycles. The van der Waals surface area contributed by atoms with Gasteiger partial charge in [0.2, 0.25) is 0 Å². The van der Waals surface area contributed by atoms with E-state index in [1.165, 1.54) is 0 Å². The van der Waals surface area contributed by atoms with Crippen LogP contribution in [0.1, 0.15) is 19.3 Å². The summed E-state index contributed by atoms with van der Waals surface area (Å²) in [6.07, 6.45) is 2.84. The van der Waals surface area contributed by atoms with E-state index in [1.807, 2.05) is 0 Å². The molecule has 0 unspecified atom stereocenters. The predicted octanol–water partition coefficient (Wildman–Crippen LogP) is 0.446. The fourth-order valence-corrected chi connectivity index (χ4v) is 1.64. The molecule has 1 aliphatic carbocycles. The van der Waals surface area contributed by atoms with Gasteiger partial charge in [-0.1, -0.05) is 6.42 Å². The largest absolute Gasteiger partial charge is 0.481 e. The Bertz CT molecular complexity index is 136. The van der Waals surface area contributed by atoms with Gasteiger partial charge in [-0.15, -0.1) is 0 Å². The zero-order chi connectivity index (χ0) is 7.56. The van der Waals surface area contributed by atoms with Crippen molar-refractivity contribution in [2.75, 3.05) is 6.54 Å². The second kappa shape index (κ2) is 3.01. The van der Waals surface area contributed by atoms with E-state index in [2.05, 4.69) is 0 Å². The Morgan fingerprint density at radius 3 is 2.70 bits per heavy atom. The number of aliphatic carboxylic acids is 1. The smallest absolute Gasteiger partial charge is 0.306 e. The van der Waals surface area contributed by atoms with Crippen LogP contribution in [0, 0.1) is 11.8 Å². The van der Waals surface area contributed by atoms with Crippen molar-refractivity contribution in [3.63, 3.8) is 0 Å². The third kappa shape index (κ3) is 1.29. The highest BCUT2D eigenvalue weighted by Gasteiger charge is 2.31. The molecule has 0 bridgehead atoms. The molecule has 2 atom stereocenters. The van der Waals surface area contributed by atoms with Gasteiger partial charge in [-0.2, -0.15) is 0 Å². The van der Waals surface area contributed by atoms with E-state index in [9.17, 15) is 4.79 Å². The van der Waals surface area contributed by atoms with Gasteiger partial charge in [0.25, 0.3) is 0 Å². The highest BCUT2D eigenvalue weighted by molar-refractivity contribution is 5.70. The van der Waals surface area contributed by atoms with E-state index >= 15 is 0 Å². The Morgan fingerprint density at radius 1 is 1.60 bits per heavy atom. The van der Waals surface area contributed by atoms with Crippen LogP contribution in [-0.4, -0.2) is 17.6 Å². The van der Waals surface area contributed by atoms with Gasteiger partial charge in [0, 0.05) is 0 Å². The van der Waals surface area contributed by atoms with Crippen molar-refractivity contribution < 1.29 is 9.90 Å². The molecular weight excluding hydrogens is 130 g/mol. The van der Waals surface area contributed by atoms with Crippen LogP contribution in [0.5, 0.6) is 0 Å². The molecule has 3 nitrogen and oxygen atoms in total. The average molecular weight is 143 g/mol. The zero-order valence-electron chi connectivity index (χ0n) is 5.92. The number of hydrogen-bond acceptors (Lipinski definition) is 2. The molecule has 1 saturated carbocycles. The second-order valence-corrected chi connectivity index (χ2v) is 2.87. The van der Waals surface area contributed by atoms with Crippen molar-refractivity contribution in [2.24, 2.45) is 17.6 Å². The fraction of sp³-hybridized carbons (Fsp3) is 0.857. The van der Waals surface area contributed by atoms with Gasteiger partial charge in [-0.25, -0.2) is 0 Å². The minimum absolute atomic E-state index is 0.162. The summed E-state index contributed by atoms with van der Waals surface area (Å²) in [4.78, 5) is 10.5. The molecule has 0 aromatic carbocycles. The average Bonchev–Trinajstić information content (AvgIpc) is 2.33. The molecule has 0 heterocycles. The molecule has 10 heavy (non-hydrogen) atoms. The number of hydrogen-bond donors (Lipinski definition) is 2. The number of carboxylic acids is 1. The molecule has 1 fully saturated rings. The summed E-state index contributed by atoms with van der Waals surface area (Å²) in [5.41, 5.74) is 5.40. The highest BCUT2D eigenvalue weighted by atomic mass is 16.4. The van der Waals surface area contributed by atoms with Crippen LogP contribution < -0.4 is 5.73 Å². The third-order valence-corrected chi connectivity index (χ3v) is 2.28. The fourth-order valence-electron chi connectivity index (χ4n) is 1.64. The van der Waals surface area contributed by atoms with E-state index in [0.29, 0.717) is 6.54 Å². The number of carbonyl (C=O) groups is 1. The van der Waals surface area contributed by atoms with Crippen LogP contribution in [0.15, 0.2) is 0 Å². The van der Waals surface area contributed by atoms with E-state index in [4.69, 9.17) is 10.8 Å². The van der Waals surface area contributed by atoms with Crippen molar-refractivity contribution in [3.8, 4) is 0 Å². The van der Waals surface area contributed by atoms with Crippen molar-refractivity contribution in [2.45, 2.75) is 19.3 Å². The Kier molecular flexibility index (Phi) is 2.27. The number of nitrogens with two attached hydrogens (primary N) is 1. The van der Waals surface area contributed by atoms with Crippen LogP contribution in [0.4, 0.5) is 0 Å². The lowest BCUT2D eigenvalue weighted by Crippen LogP contribution is -2.24. The third-order valence-electron chi connectivity index (χ3n) is 2.28. The van der Waals surface area contributed by atoms with Crippen molar-refractivity contribution in [1.82, 2.24) is 0 Å². The quantitative estimate of drug-likeness (QED) is 0.589. The monoisotopic (exact) mass is 143 g/mol. The first-order valence-corrected chi connectivity index (χ1v) is 3.68. The maximum absolute atomic E-state index is 10.5. The van der Waals surface area contributed by atoms with Crippen molar-refractivity contribution >= 4 is 5.97 Å². The summed E-state index contributed by atoms with van der Waals surface area (Å²) in [6, 6.07) is 0. The topological polar surface area (TPSA) is 63.3 Å². The normalized spacial score (nSPS) is 32.5. The first-order valence-electron chi connectivity index (χ1n) is 3.68. The van der Waals surface area contributed by atoms with Gasteiger partial charge in [0.05, 0.1) is 5.92 Å². The van der Waals surface area contributed by atoms with E-state index in [-0.39, 0.29) is 11.8 Å². The van der Waals surface area contributed by atoms with Crippen LogP contribution in [0.2, 0.25) is 0 Å². The lowest BCUT2D eigenvalue weighted by molar-refractivity contribution is -0.142. The molecule has 1 aliphatic rings. The van der Waals surface area contributed by atoms with E-state index < -0.39 is 5.97 Å². The lowest BCUT2D eigenvalue weighted by Gasteiger charge is -2.11. The summed E-state index contributed by atoms with van der Waals surface area (Å²) < 4.78 is 0. The van der Waals surface area contributed by atoms with Gasteiger partial charge in [-0.05, 0) is 25.3 Å². The standard InChI is InChI=1S/C7H13NO2/c8-4-5-2-1-3-6(5)7(9)10/h5-6H,1-4,8H2,(H,9,10)/t5-,6-/m0/s1. The van der Waals surface area contributed by atoms with E-state index in [0.717, 1.165) is 19.3 Å². The molecule has 0 aromatic heterocycles. The first kappa shape index (κ1) is 7.54. The summed E-state index contributed by atoms with van der Waals surface area (Å²) in [5, 5.41) is 8.66. The second-order valence-electron chi connectivity index (χ2n) is 2.87. The predicted molar refractivity (Wildman–Crippen MR) is 37.5 cm³/mol. The number of rotatable bonds is 2. The van der Waals surface area contributed by atoms with Crippen LogP contribution in [0.25, 0.3) is 0 Å². The Morgan fingerprint density at radius 2 is 2.30 bits per heavy atom. The Labute approximate surface area is 60.2 Å². The van der Waals surface area contributed by atoms with Gasteiger partial charge >= 0.3 is 5.97 Å². The molecule has 3 heteroatoms. The molecule has 0 aromatic rings. The van der Waals surface area contributed by atoms with Gasteiger partial charge in [0.1, 0.15) is 0 Å². The maximum Gasteiger partial charge on any atom is 0.306 e. The SMILES string of the molecule is NC[C@@H]1CCC[C@@H]1C(=O)O. The molecule has 0 spiro atoms. The molecule has 58 valence electrons. The minimum Gasteiger partial charge on any atom is -0.481 e. The van der Waals surface area contributed by atoms with Crippen molar-refractivity contribution in [3.05, 3.63) is 0 Å². The summed E-state index contributed by atoms with van der Waals surface area (Å²) in [6.45, 7) is 0.525. The first-order chi connectivity index (χ1) is 4.75. The highest BCUT2D eigenvalue weighted by Crippen LogP contribution is 2.30. The lowest BCUT2D eigenvalue weighted by atomic mass is 9.97. The molecule has 0 radical (unpaired) electrons. The van der Waals surface area contributed by atoms with Crippen LogP contribution in [0.3, 0.4) is 0 Å². The van der Waals surface area contributed by atoms with Gasteiger partial charge in [0.15, 0.2) is 0 Å². The zero-order valence-corrected chi connectivity index (χ0v) is 5.92. The van der Waals surface area contributed by atoms with Crippen molar-refractivity contribution in [1.29, 1.82) is 0 Å². The van der Waals surface area contributed by atoms with Gasteiger partial charge < -0.3 is 10.8 Å². The Hall–Kier alpha value is -0.570. The summed E-state index contributed by atoms with van der Waals surface area (Å²) in [7, 11) is 0. The summed E-state index contributed by atoms with van der Waals surface area (Å²) in [5.74, 6) is -0.601. The Balaban J connectivity index is 2.50. The molecule has 0 aliphatic heterocycles. The van der Waals surface area contributed by atoms with E-state index in [1.54, 1.807) is 0 Å². The molecule has 1 rings (SSSR count). The minimum atomic E-state index is -0.673. The maximum atomic E-state index is 10.5. The number of carboxylic acid groups (broad SMARTS) is 1. The van der Waals surface area contributed by atoms with Crippen LogP contribution >= 0.6 is 0 Å². The van der Waals surface area contributed by atoms with Gasteiger partial charge in [-0.3, -0.25) is 4.79 Å². The molecule has 3 N–H and O–H groups in total.